The molecule has 1 saturated carbocycles. The van der Waals surface area contributed by atoms with Crippen LogP contribution in [0.15, 0.2) is 0 Å². The van der Waals surface area contributed by atoms with Crippen LogP contribution in [-0.2, 0) is 19.1 Å². The standard InChI is InChI=1S/C14H23NO5/c1-4-20-12(16)8-15(9(2)3)13(17)10-5-6-11(7-10)14(18)19/h9-11H,4-8H2,1-3H3,(H,18,19)/t10-,11+/m1/s1. The van der Waals surface area contributed by atoms with Crippen molar-refractivity contribution in [2.75, 3.05) is 13.2 Å². The zero-order valence-electron chi connectivity index (χ0n) is 12.3. The maximum atomic E-state index is 12.4. The number of esters is 1. The monoisotopic (exact) mass is 285 g/mol. The number of carboxylic acids is 1. The summed E-state index contributed by atoms with van der Waals surface area (Å²) in [6.07, 6.45) is 1.46. The van der Waals surface area contributed by atoms with Gasteiger partial charge < -0.3 is 14.7 Å². The van der Waals surface area contributed by atoms with Crippen molar-refractivity contribution in [2.24, 2.45) is 11.8 Å². The highest BCUT2D eigenvalue weighted by molar-refractivity contribution is 5.85. The van der Waals surface area contributed by atoms with E-state index in [0.29, 0.717) is 19.3 Å². The molecule has 6 heteroatoms. The number of rotatable bonds is 6. The number of amides is 1. The molecule has 1 rings (SSSR count). The number of ether oxygens (including phenoxy) is 1. The second-order valence-electron chi connectivity index (χ2n) is 5.41. The first kappa shape index (κ1) is 16.5. The Labute approximate surface area is 119 Å². The Balaban J connectivity index is 2.65. The lowest BCUT2D eigenvalue weighted by Gasteiger charge is -2.28. The predicted molar refractivity (Wildman–Crippen MR) is 71.9 cm³/mol. The van der Waals surface area contributed by atoms with E-state index >= 15 is 0 Å². The summed E-state index contributed by atoms with van der Waals surface area (Å²) in [5.74, 6) is -2.16. The van der Waals surface area contributed by atoms with Gasteiger partial charge >= 0.3 is 11.9 Å². The summed E-state index contributed by atoms with van der Waals surface area (Å²) < 4.78 is 4.87. The van der Waals surface area contributed by atoms with Crippen LogP contribution in [-0.4, -0.2) is 47.0 Å². The minimum absolute atomic E-state index is 0.0709. The smallest absolute Gasteiger partial charge is 0.325 e. The van der Waals surface area contributed by atoms with E-state index in [0.717, 1.165) is 0 Å². The predicted octanol–water partition coefficient (Wildman–Crippen LogP) is 1.29. The van der Waals surface area contributed by atoms with Crippen molar-refractivity contribution in [3.8, 4) is 0 Å². The van der Waals surface area contributed by atoms with Gasteiger partial charge in [-0.1, -0.05) is 0 Å². The maximum absolute atomic E-state index is 12.4. The first-order chi connectivity index (χ1) is 9.36. The van der Waals surface area contributed by atoms with Crippen LogP contribution in [0.25, 0.3) is 0 Å². The van der Waals surface area contributed by atoms with Gasteiger partial charge in [0.25, 0.3) is 0 Å². The molecule has 1 N–H and O–H groups in total. The molecule has 1 amide bonds. The summed E-state index contributed by atoms with van der Waals surface area (Å²) in [5.41, 5.74) is 0. The summed E-state index contributed by atoms with van der Waals surface area (Å²) in [6.45, 7) is 5.59. The van der Waals surface area contributed by atoms with Crippen LogP contribution in [0.2, 0.25) is 0 Å². The second-order valence-corrected chi connectivity index (χ2v) is 5.41. The fraction of sp³-hybridized carbons (Fsp3) is 0.786. The summed E-state index contributed by atoms with van der Waals surface area (Å²) in [5, 5.41) is 8.98. The van der Waals surface area contributed by atoms with Crippen LogP contribution in [0.5, 0.6) is 0 Å². The van der Waals surface area contributed by atoms with E-state index in [1.165, 1.54) is 4.90 Å². The SMILES string of the molecule is CCOC(=O)CN(C(=O)[C@@H]1CC[C@H](C(=O)O)C1)C(C)C. The molecule has 0 aromatic rings. The zero-order valence-corrected chi connectivity index (χ0v) is 12.3. The van der Waals surface area contributed by atoms with Crippen LogP contribution < -0.4 is 0 Å². The molecule has 0 saturated heterocycles. The summed E-state index contributed by atoms with van der Waals surface area (Å²) in [4.78, 5) is 36.4. The Morgan fingerprint density at radius 2 is 1.85 bits per heavy atom. The normalized spacial score (nSPS) is 21.8. The fourth-order valence-electron chi connectivity index (χ4n) is 2.53. The van der Waals surface area contributed by atoms with Crippen molar-refractivity contribution >= 4 is 17.8 Å². The Bertz CT molecular complexity index is 380. The highest BCUT2D eigenvalue weighted by Crippen LogP contribution is 2.32. The second kappa shape index (κ2) is 7.26. The lowest BCUT2D eigenvalue weighted by Crippen LogP contribution is -2.44. The van der Waals surface area contributed by atoms with Gasteiger partial charge in [0, 0.05) is 12.0 Å². The van der Waals surface area contributed by atoms with Crippen molar-refractivity contribution in [3.05, 3.63) is 0 Å². The largest absolute Gasteiger partial charge is 0.481 e. The zero-order chi connectivity index (χ0) is 15.3. The average molecular weight is 285 g/mol. The van der Waals surface area contributed by atoms with Gasteiger partial charge in [0.05, 0.1) is 12.5 Å². The quantitative estimate of drug-likeness (QED) is 0.743. The molecule has 0 bridgehead atoms. The van der Waals surface area contributed by atoms with E-state index in [2.05, 4.69) is 0 Å². The third-order valence-electron chi connectivity index (χ3n) is 3.64. The van der Waals surface area contributed by atoms with E-state index in [1.54, 1.807) is 6.92 Å². The third-order valence-corrected chi connectivity index (χ3v) is 3.64. The highest BCUT2D eigenvalue weighted by Gasteiger charge is 2.37. The van der Waals surface area contributed by atoms with Gasteiger partial charge in [-0.25, -0.2) is 0 Å². The maximum Gasteiger partial charge on any atom is 0.325 e. The third kappa shape index (κ3) is 4.21. The van der Waals surface area contributed by atoms with Gasteiger partial charge in [0.15, 0.2) is 0 Å². The molecule has 20 heavy (non-hydrogen) atoms. The molecule has 0 heterocycles. The number of nitrogens with zero attached hydrogens (tertiary/aromatic N) is 1. The summed E-state index contributed by atoms with van der Waals surface area (Å²) in [6, 6.07) is -0.115. The molecule has 0 unspecified atom stereocenters. The van der Waals surface area contributed by atoms with Crippen LogP contribution in [0.1, 0.15) is 40.0 Å². The Morgan fingerprint density at radius 1 is 1.25 bits per heavy atom. The van der Waals surface area contributed by atoms with Gasteiger partial charge in [-0.2, -0.15) is 0 Å². The molecule has 1 aliphatic carbocycles. The topological polar surface area (TPSA) is 83.9 Å². The molecular formula is C14H23NO5. The van der Waals surface area contributed by atoms with Crippen LogP contribution >= 0.6 is 0 Å². The van der Waals surface area contributed by atoms with Crippen molar-refractivity contribution in [3.63, 3.8) is 0 Å². The molecular weight excluding hydrogens is 262 g/mol. The lowest BCUT2D eigenvalue weighted by molar-refractivity contribution is -0.151. The molecule has 0 aromatic heterocycles. The van der Waals surface area contributed by atoms with E-state index in [4.69, 9.17) is 9.84 Å². The van der Waals surface area contributed by atoms with E-state index in [1.807, 2.05) is 13.8 Å². The number of carboxylic acid groups (broad SMARTS) is 1. The number of hydrogen-bond donors (Lipinski definition) is 1. The van der Waals surface area contributed by atoms with Gasteiger partial charge in [0.2, 0.25) is 5.91 Å². The average Bonchev–Trinajstić information content (AvgIpc) is 2.84. The van der Waals surface area contributed by atoms with Gasteiger partial charge in [-0.3, -0.25) is 14.4 Å². The molecule has 0 aromatic carbocycles. The molecule has 1 aliphatic rings. The number of aliphatic carboxylic acids is 1. The molecule has 0 aliphatic heterocycles. The summed E-state index contributed by atoms with van der Waals surface area (Å²) >= 11 is 0. The summed E-state index contributed by atoms with van der Waals surface area (Å²) in [7, 11) is 0. The van der Waals surface area contributed by atoms with Gasteiger partial charge in [-0.15, -0.1) is 0 Å². The van der Waals surface area contributed by atoms with Crippen molar-refractivity contribution in [1.29, 1.82) is 0 Å². The lowest BCUT2D eigenvalue weighted by atomic mass is 10.0. The Morgan fingerprint density at radius 3 is 2.30 bits per heavy atom. The number of carbonyl (C=O) groups excluding carboxylic acids is 2. The molecule has 6 nitrogen and oxygen atoms in total. The molecule has 1 fully saturated rings. The van der Waals surface area contributed by atoms with Crippen LogP contribution in [0.3, 0.4) is 0 Å². The van der Waals surface area contributed by atoms with E-state index in [-0.39, 0.29) is 31.0 Å². The Kier molecular flexibility index (Phi) is 5.98. The van der Waals surface area contributed by atoms with Crippen LogP contribution in [0.4, 0.5) is 0 Å². The molecule has 114 valence electrons. The van der Waals surface area contributed by atoms with Gasteiger partial charge in [-0.05, 0) is 40.0 Å². The Hall–Kier alpha value is -1.59. The highest BCUT2D eigenvalue weighted by atomic mass is 16.5. The minimum Gasteiger partial charge on any atom is -0.481 e. The minimum atomic E-state index is -0.846. The van der Waals surface area contributed by atoms with Crippen molar-refractivity contribution in [2.45, 2.75) is 46.1 Å². The van der Waals surface area contributed by atoms with Crippen molar-refractivity contribution < 1.29 is 24.2 Å². The van der Waals surface area contributed by atoms with E-state index in [9.17, 15) is 14.4 Å². The number of carbonyl (C=O) groups is 3. The van der Waals surface area contributed by atoms with E-state index < -0.39 is 17.9 Å². The first-order valence-corrected chi connectivity index (χ1v) is 7.05. The van der Waals surface area contributed by atoms with Crippen molar-refractivity contribution in [1.82, 2.24) is 4.90 Å². The number of hydrogen-bond acceptors (Lipinski definition) is 4. The molecule has 2 atom stereocenters. The fourth-order valence-corrected chi connectivity index (χ4v) is 2.53. The molecule has 0 spiro atoms. The van der Waals surface area contributed by atoms with Gasteiger partial charge in [0.1, 0.15) is 6.54 Å². The molecule has 0 radical (unpaired) electrons. The van der Waals surface area contributed by atoms with Crippen LogP contribution in [0, 0.1) is 11.8 Å². The first-order valence-electron chi connectivity index (χ1n) is 7.05.